The van der Waals surface area contributed by atoms with Gasteiger partial charge in [0, 0.05) is 18.8 Å². The van der Waals surface area contributed by atoms with Crippen molar-refractivity contribution in [2.75, 3.05) is 7.11 Å². The van der Waals surface area contributed by atoms with Crippen LogP contribution in [0.2, 0.25) is 0 Å². The standard InChI is InChI=1S/C15H15N3O3/c1-3-11-13(15(19)20-2)12(9-5-4-6-18-8-9)10(7-16)14(17)21-11/h4-6,8,12H,3,17H2,1-2H3. The molecule has 2 rings (SSSR count). The van der Waals surface area contributed by atoms with Crippen molar-refractivity contribution in [2.24, 2.45) is 5.73 Å². The van der Waals surface area contributed by atoms with E-state index in [-0.39, 0.29) is 11.5 Å². The summed E-state index contributed by atoms with van der Waals surface area (Å²) in [6.45, 7) is 1.84. The molecule has 1 aromatic rings. The number of hydrogen-bond donors (Lipinski definition) is 1. The maximum Gasteiger partial charge on any atom is 0.338 e. The van der Waals surface area contributed by atoms with E-state index in [1.54, 1.807) is 24.5 Å². The van der Waals surface area contributed by atoms with Gasteiger partial charge in [0.2, 0.25) is 5.88 Å². The maximum absolute atomic E-state index is 12.1. The minimum atomic E-state index is -0.625. The van der Waals surface area contributed by atoms with Gasteiger partial charge in [0.15, 0.2) is 0 Å². The van der Waals surface area contributed by atoms with Gasteiger partial charge in [-0.2, -0.15) is 5.26 Å². The highest BCUT2D eigenvalue weighted by atomic mass is 16.5. The molecule has 2 heterocycles. The second kappa shape index (κ2) is 6.09. The molecule has 0 bridgehead atoms. The van der Waals surface area contributed by atoms with E-state index in [2.05, 4.69) is 4.98 Å². The smallest absolute Gasteiger partial charge is 0.338 e. The predicted octanol–water partition coefficient (Wildman–Crippen LogP) is 1.73. The van der Waals surface area contributed by atoms with E-state index in [0.29, 0.717) is 23.3 Å². The molecular formula is C15H15N3O3. The van der Waals surface area contributed by atoms with Crippen molar-refractivity contribution in [3.8, 4) is 6.07 Å². The average Bonchev–Trinajstić information content (AvgIpc) is 2.53. The number of allylic oxidation sites excluding steroid dienone is 2. The summed E-state index contributed by atoms with van der Waals surface area (Å²) in [6.07, 6.45) is 3.67. The summed E-state index contributed by atoms with van der Waals surface area (Å²) >= 11 is 0. The Bertz CT molecular complexity index is 656. The zero-order valence-electron chi connectivity index (χ0n) is 11.8. The van der Waals surface area contributed by atoms with E-state index < -0.39 is 11.9 Å². The van der Waals surface area contributed by atoms with Crippen molar-refractivity contribution in [1.82, 2.24) is 4.98 Å². The number of nitriles is 1. The van der Waals surface area contributed by atoms with Crippen LogP contribution in [0.5, 0.6) is 0 Å². The van der Waals surface area contributed by atoms with Crippen LogP contribution in [0.1, 0.15) is 24.8 Å². The number of ether oxygens (including phenoxy) is 2. The van der Waals surface area contributed by atoms with Crippen LogP contribution in [-0.2, 0) is 14.3 Å². The Labute approximate surface area is 122 Å². The summed E-state index contributed by atoms with van der Waals surface area (Å²) in [5, 5.41) is 9.36. The van der Waals surface area contributed by atoms with Gasteiger partial charge >= 0.3 is 5.97 Å². The number of carbonyl (C=O) groups is 1. The highest BCUT2D eigenvalue weighted by molar-refractivity contribution is 5.92. The number of carbonyl (C=O) groups excluding carboxylic acids is 1. The molecular weight excluding hydrogens is 270 g/mol. The Balaban J connectivity index is 2.66. The topological polar surface area (TPSA) is 98.2 Å². The Morgan fingerprint density at radius 1 is 1.62 bits per heavy atom. The first-order valence-electron chi connectivity index (χ1n) is 6.42. The van der Waals surface area contributed by atoms with E-state index in [0.717, 1.165) is 0 Å². The Morgan fingerprint density at radius 3 is 2.90 bits per heavy atom. The highest BCUT2D eigenvalue weighted by Crippen LogP contribution is 2.39. The molecule has 0 aromatic carbocycles. The lowest BCUT2D eigenvalue weighted by molar-refractivity contribution is -0.136. The molecule has 0 amide bonds. The molecule has 1 atom stereocenters. The SMILES string of the molecule is CCC1=C(C(=O)OC)C(c2cccnc2)C(C#N)=C(N)O1. The molecule has 21 heavy (non-hydrogen) atoms. The van der Waals surface area contributed by atoms with Gasteiger partial charge in [0.1, 0.15) is 17.4 Å². The first-order chi connectivity index (χ1) is 10.1. The van der Waals surface area contributed by atoms with Gasteiger partial charge in [-0.15, -0.1) is 0 Å². The molecule has 1 aliphatic rings. The van der Waals surface area contributed by atoms with Crippen molar-refractivity contribution in [3.63, 3.8) is 0 Å². The quantitative estimate of drug-likeness (QED) is 0.849. The fraction of sp³-hybridized carbons (Fsp3) is 0.267. The Kier molecular flexibility index (Phi) is 4.24. The predicted molar refractivity (Wildman–Crippen MR) is 74.2 cm³/mol. The summed E-state index contributed by atoms with van der Waals surface area (Å²) in [5.74, 6) is -0.746. The van der Waals surface area contributed by atoms with E-state index in [1.165, 1.54) is 7.11 Å². The van der Waals surface area contributed by atoms with Gasteiger partial charge in [-0.1, -0.05) is 13.0 Å². The first-order valence-corrected chi connectivity index (χ1v) is 6.42. The maximum atomic E-state index is 12.1. The van der Waals surface area contributed by atoms with Crippen LogP contribution in [-0.4, -0.2) is 18.1 Å². The van der Waals surface area contributed by atoms with E-state index in [1.807, 2.05) is 13.0 Å². The van der Waals surface area contributed by atoms with Gasteiger partial charge in [-0.05, 0) is 11.6 Å². The molecule has 1 unspecified atom stereocenters. The lowest BCUT2D eigenvalue weighted by Crippen LogP contribution is -2.25. The van der Waals surface area contributed by atoms with Crippen LogP contribution in [0.15, 0.2) is 47.3 Å². The third-order valence-corrected chi connectivity index (χ3v) is 3.24. The number of rotatable bonds is 3. The second-order valence-electron chi connectivity index (χ2n) is 4.39. The minimum absolute atomic E-state index is 0.0101. The van der Waals surface area contributed by atoms with Crippen LogP contribution in [0.4, 0.5) is 0 Å². The van der Waals surface area contributed by atoms with Crippen LogP contribution < -0.4 is 5.73 Å². The van der Waals surface area contributed by atoms with E-state index in [4.69, 9.17) is 15.2 Å². The average molecular weight is 285 g/mol. The van der Waals surface area contributed by atoms with Crippen LogP contribution in [0.25, 0.3) is 0 Å². The van der Waals surface area contributed by atoms with Crippen LogP contribution in [0, 0.1) is 11.3 Å². The molecule has 0 fully saturated rings. The first kappa shape index (κ1) is 14.6. The lowest BCUT2D eigenvalue weighted by Gasteiger charge is -2.27. The minimum Gasteiger partial charge on any atom is -0.466 e. The van der Waals surface area contributed by atoms with Crippen molar-refractivity contribution >= 4 is 5.97 Å². The van der Waals surface area contributed by atoms with Crippen molar-refractivity contribution in [1.29, 1.82) is 5.26 Å². The third kappa shape index (κ3) is 2.58. The Hall–Kier alpha value is -2.81. The molecule has 0 saturated carbocycles. The second-order valence-corrected chi connectivity index (χ2v) is 4.39. The summed E-state index contributed by atoms with van der Waals surface area (Å²) in [7, 11) is 1.29. The number of methoxy groups -OCH3 is 1. The fourth-order valence-corrected chi connectivity index (χ4v) is 2.29. The van der Waals surface area contributed by atoms with Gasteiger partial charge < -0.3 is 15.2 Å². The molecule has 0 spiro atoms. The number of pyridine rings is 1. The zero-order chi connectivity index (χ0) is 15.4. The van der Waals surface area contributed by atoms with Crippen molar-refractivity contribution < 1.29 is 14.3 Å². The van der Waals surface area contributed by atoms with Crippen LogP contribution >= 0.6 is 0 Å². The van der Waals surface area contributed by atoms with Gasteiger partial charge in [-0.3, -0.25) is 4.98 Å². The number of nitrogens with two attached hydrogens (primary N) is 1. The van der Waals surface area contributed by atoms with Gasteiger partial charge in [-0.25, -0.2) is 4.79 Å². The molecule has 6 heteroatoms. The molecule has 0 saturated heterocycles. The van der Waals surface area contributed by atoms with E-state index >= 15 is 0 Å². The fourth-order valence-electron chi connectivity index (χ4n) is 2.29. The molecule has 2 N–H and O–H groups in total. The zero-order valence-corrected chi connectivity index (χ0v) is 11.8. The van der Waals surface area contributed by atoms with Crippen molar-refractivity contribution in [3.05, 3.63) is 52.9 Å². The lowest BCUT2D eigenvalue weighted by atomic mass is 9.83. The summed E-state index contributed by atoms with van der Waals surface area (Å²) in [5.41, 5.74) is 6.97. The largest absolute Gasteiger partial charge is 0.466 e. The normalized spacial score (nSPS) is 18.0. The summed E-state index contributed by atoms with van der Waals surface area (Å²) in [4.78, 5) is 16.2. The van der Waals surface area contributed by atoms with Gasteiger partial charge in [0.05, 0.1) is 18.6 Å². The molecule has 1 aromatic heterocycles. The van der Waals surface area contributed by atoms with Gasteiger partial charge in [0.25, 0.3) is 0 Å². The molecule has 1 aliphatic heterocycles. The molecule has 0 radical (unpaired) electrons. The number of nitrogens with zero attached hydrogens (tertiary/aromatic N) is 2. The number of hydrogen-bond acceptors (Lipinski definition) is 6. The number of esters is 1. The summed E-state index contributed by atoms with van der Waals surface area (Å²) in [6, 6.07) is 5.53. The number of aromatic nitrogens is 1. The highest BCUT2D eigenvalue weighted by Gasteiger charge is 2.36. The summed E-state index contributed by atoms with van der Waals surface area (Å²) < 4.78 is 10.3. The monoisotopic (exact) mass is 285 g/mol. The molecule has 6 nitrogen and oxygen atoms in total. The third-order valence-electron chi connectivity index (χ3n) is 3.24. The van der Waals surface area contributed by atoms with Crippen molar-refractivity contribution in [2.45, 2.75) is 19.3 Å². The Morgan fingerprint density at radius 2 is 2.38 bits per heavy atom. The van der Waals surface area contributed by atoms with E-state index in [9.17, 15) is 10.1 Å². The van der Waals surface area contributed by atoms with Crippen LogP contribution in [0.3, 0.4) is 0 Å². The molecule has 108 valence electrons. The molecule has 0 aliphatic carbocycles.